The fraction of sp³-hybridized carbons (Fsp3) is 0.333. The molecule has 0 radical (unpaired) electrons. The van der Waals surface area contributed by atoms with Crippen LogP contribution in [0.2, 0.25) is 0 Å². The summed E-state index contributed by atoms with van der Waals surface area (Å²) in [5.41, 5.74) is 7.47. The molecule has 0 saturated heterocycles. The molecule has 1 aliphatic heterocycles. The number of anilines is 2. The molecule has 0 unspecified atom stereocenters. The van der Waals surface area contributed by atoms with E-state index in [9.17, 15) is 4.79 Å². The van der Waals surface area contributed by atoms with E-state index in [4.69, 9.17) is 10.5 Å². The molecule has 0 bridgehead atoms. The van der Waals surface area contributed by atoms with Crippen LogP contribution in [0.1, 0.15) is 33.3 Å². The van der Waals surface area contributed by atoms with Crippen LogP contribution in [0.3, 0.4) is 0 Å². The first kappa shape index (κ1) is 22.1. The molecule has 7 nitrogen and oxygen atoms in total. The highest BCUT2D eigenvalue weighted by Crippen LogP contribution is 2.29. The van der Waals surface area contributed by atoms with Crippen molar-refractivity contribution in [3.63, 3.8) is 0 Å². The highest BCUT2D eigenvalue weighted by Gasteiger charge is 2.26. The number of ether oxygens (including phenoxy) is 1. The number of pyridine rings is 1. The maximum Gasteiger partial charge on any atom is 0.257 e. The molecule has 3 aromatic rings. The number of carbonyl (C=O) groups is 1. The summed E-state index contributed by atoms with van der Waals surface area (Å²) >= 11 is 1.71. The van der Waals surface area contributed by atoms with Gasteiger partial charge in [0.05, 0.1) is 5.56 Å². The first-order valence-electron chi connectivity index (χ1n) is 10.8. The van der Waals surface area contributed by atoms with Crippen LogP contribution in [-0.4, -0.2) is 49.5 Å². The molecule has 1 amide bonds. The quantitative estimate of drug-likeness (QED) is 0.545. The van der Waals surface area contributed by atoms with Crippen molar-refractivity contribution in [2.75, 3.05) is 44.4 Å². The number of carbonyl (C=O) groups excluding carboxylic acids is 1. The Morgan fingerprint density at radius 2 is 2.00 bits per heavy atom. The Morgan fingerprint density at radius 3 is 2.72 bits per heavy atom. The number of nitrogens with two attached hydrogens (primary N) is 1. The smallest absolute Gasteiger partial charge is 0.257 e. The van der Waals surface area contributed by atoms with Crippen LogP contribution in [0.25, 0.3) is 0 Å². The Balaban J connectivity index is 1.45. The third-order valence-corrected chi connectivity index (χ3v) is 6.54. The Kier molecular flexibility index (Phi) is 6.92. The second-order valence-electron chi connectivity index (χ2n) is 7.91. The average molecular weight is 452 g/mol. The molecular formula is C24H29N5O2S. The SMILES string of the molecule is CNCC[C@H](Oc1ccc(CN2CCN(C)c3nc(N)ccc3C2=O)cc1)c1cccs1. The molecule has 0 spiro atoms. The normalized spacial score (nSPS) is 14.8. The van der Waals surface area contributed by atoms with Gasteiger partial charge in [0.25, 0.3) is 5.91 Å². The second kappa shape index (κ2) is 10.0. The second-order valence-corrected chi connectivity index (χ2v) is 8.89. The lowest BCUT2D eigenvalue weighted by molar-refractivity contribution is 0.0754. The molecule has 3 N–H and O–H groups in total. The zero-order valence-electron chi connectivity index (χ0n) is 18.5. The monoisotopic (exact) mass is 451 g/mol. The molecular weight excluding hydrogens is 422 g/mol. The van der Waals surface area contributed by atoms with Gasteiger partial charge in [-0.05, 0) is 54.9 Å². The van der Waals surface area contributed by atoms with Gasteiger partial charge in [-0.25, -0.2) is 4.98 Å². The predicted molar refractivity (Wildman–Crippen MR) is 129 cm³/mol. The minimum absolute atomic E-state index is 0.0208. The number of likely N-dealkylation sites (N-methyl/N-ethyl adjacent to an activating group) is 1. The summed E-state index contributed by atoms with van der Waals surface area (Å²) in [6.45, 7) is 2.73. The van der Waals surface area contributed by atoms with E-state index in [1.54, 1.807) is 23.5 Å². The molecule has 8 heteroatoms. The number of aromatic nitrogens is 1. The molecule has 0 aliphatic carbocycles. The van der Waals surface area contributed by atoms with E-state index in [2.05, 4.69) is 27.8 Å². The number of nitrogens with zero attached hydrogens (tertiary/aromatic N) is 3. The van der Waals surface area contributed by atoms with Crippen molar-refractivity contribution in [2.24, 2.45) is 0 Å². The van der Waals surface area contributed by atoms with Crippen LogP contribution in [0.5, 0.6) is 5.75 Å². The van der Waals surface area contributed by atoms with E-state index in [-0.39, 0.29) is 12.0 Å². The summed E-state index contributed by atoms with van der Waals surface area (Å²) in [5, 5.41) is 5.27. The highest BCUT2D eigenvalue weighted by atomic mass is 32.1. The lowest BCUT2D eigenvalue weighted by atomic mass is 10.1. The van der Waals surface area contributed by atoms with Crippen molar-refractivity contribution >= 4 is 28.9 Å². The van der Waals surface area contributed by atoms with Crippen molar-refractivity contribution in [1.82, 2.24) is 15.2 Å². The van der Waals surface area contributed by atoms with Gasteiger partial charge in [0.1, 0.15) is 23.5 Å². The van der Waals surface area contributed by atoms with Gasteiger partial charge in [0.15, 0.2) is 0 Å². The van der Waals surface area contributed by atoms with E-state index < -0.39 is 0 Å². The standard InChI is InChI=1S/C24H29N5O2S/c1-26-12-11-20(21-4-3-15-32-21)31-18-7-5-17(6-8-18)16-29-14-13-28(2)23-19(24(29)30)9-10-22(25)27-23/h3-10,15,20,26H,11-14,16H2,1-2H3,(H2,25,27)/t20-/m0/s1. The molecule has 0 fully saturated rings. The van der Waals surface area contributed by atoms with E-state index in [1.807, 2.05) is 48.2 Å². The van der Waals surface area contributed by atoms with E-state index in [0.29, 0.717) is 36.8 Å². The molecule has 1 atom stereocenters. The Hall–Kier alpha value is -3.10. The van der Waals surface area contributed by atoms with Crippen LogP contribution in [0.4, 0.5) is 11.6 Å². The molecule has 32 heavy (non-hydrogen) atoms. The van der Waals surface area contributed by atoms with Crippen LogP contribution in [-0.2, 0) is 6.54 Å². The number of fused-ring (bicyclic) bond motifs is 1. The van der Waals surface area contributed by atoms with Gasteiger partial charge in [0.2, 0.25) is 0 Å². The molecule has 2 aromatic heterocycles. The fourth-order valence-electron chi connectivity index (χ4n) is 3.79. The van der Waals surface area contributed by atoms with Gasteiger partial charge in [-0.3, -0.25) is 4.79 Å². The van der Waals surface area contributed by atoms with E-state index in [1.165, 1.54) is 4.88 Å². The minimum Gasteiger partial charge on any atom is -0.485 e. The van der Waals surface area contributed by atoms with E-state index >= 15 is 0 Å². The molecule has 3 heterocycles. The first-order valence-corrected chi connectivity index (χ1v) is 11.6. The third kappa shape index (κ3) is 5.03. The maximum atomic E-state index is 13.1. The predicted octanol–water partition coefficient (Wildman–Crippen LogP) is 3.55. The van der Waals surface area contributed by atoms with Crippen LogP contribution < -0.4 is 20.7 Å². The number of thiophene rings is 1. The summed E-state index contributed by atoms with van der Waals surface area (Å²) in [5.74, 6) is 1.86. The largest absolute Gasteiger partial charge is 0.485 e. The van der Waals surface area contributed by atoms with Crippen LogP contribution in [0, 0.1) is 0 Å². The number of amides is 1. The Morgan fingerprint density at radius 1 is 1.19 bits per heavy atom. The van der Waals surface area contributed by atoms with Crippen LogP contribution in [0.15, 0.2) is 53.9 Å². The lowest BCUT2D eigenvalue weighted by Gasteiger charge is -2.22. The zero-order valence-corrected chi connectivity index (χ0v) is 19.3. The number of rotatable bonds is 8. The molecule has 168 valence electrons. The van der Waals surface area contributed by atoms with Gasteiger partial charge in [-0.1, -0.05) is 18.2 Å². The topological polar surface area (TPSA) is 83.7 Å². The summed E-state index contributed by atoms with van der Waals surface area (Å²) in [4.78, 5) is 22.6. The summed E-state index contributed by atoms with van der Waals surface area (Å²) < 4.78 is 6.28. The van der Waals surface area contributed by atoms with Crippen LogP contribution >= 0.6 is 11.3 Å². The van der Waals surface area contributed by atoms with Gasteiger partial charge < -0.3 is 25.6 Å². The average Bonchev–Trinajstić information content (AvgIpc) is 3.31. The Bertz CT molecular complexity index is 1040. The molecule has 4 rings (SSSR count). The minimum atomic E-state index is -0.0259. The highest BCUT2D eigenvalue weighted by molar-refractivity contribution is 7.10. The molecule has 1 aliphatic rings. The number of nitrogens with one attached hydrogen (secondary N) is 1. The number of hydrogen-bond donors (Lipinski definition) is 2. The number of hydrogen-bond acceptors (Lipinski definition) is 7. The van der Waals surface area contributed by atoms with Gasteiger partial charge in [-0.2, -0.15) is 0 Å². The maximum absolute atomic E-state index is 13.1. The summed E-state index contributed by atoms with van der Waals surface area (Å²) in [6.07, 6.45) is 0.916. The summed E-state index contributed by atoms with van der Waals surface area (Å²) in [7, 11) is 3.89. The zero-order chi connectivity index (χ0) is 22.5. The third-order valence-electron chi connectivity index (χ3n) is 5.57. The van der Waals surface area contributed by atoms with Crippen molar-refractivity contribution in [2.45, 2.75) is 19.1 Å². The Labute approximate surface area is 192 Å². The first-order chi connectivity index (χ1) is 15.5. The van der Waals surface area contributed by atoms with Gasteiger partial charge in [-0.15, -0.1) is 11.3 Å². The lowest BCUT2D eigenvalue weighted by Crippen LogP contribution is -2.33. The van der Waals surface area contributed by atoms with Gasteiger partial charge in [0, 0.05) is 38.0 Å². The number of benzene rings is 1. The van der Waals surface area contributed by atoms with Crippen molar-refractivity contribution in [1.29, 1.82) is 0 Å². The molecule has 1 aromatic carbocycles. The molecule has 0 saturated carbocycles. The van der Waals surface area contributed by atoms with Crippen molar-refractivity contribution in [3.8, 4) is 5.75 Å². The van der Waals surface area contributed by atoms with E-state index in [0.717, 1.165) is 24.3 Å². The van der Waals surface area contributed by atoms with Crippen molar-refractivity contribution < 1.29 is 9.53 Å². The van der Waals surface area contributed by atoms with Crippen molar-refractivity contribution in [3.05, 3.63) is 69.9 Å². The number of nitrogen functional groups attached to an aromatic ring is 1. The fourth-order valence-corrected chi connectivity index (χ4v) is 4.58. The van der Waals surface area contributed by atoms with Gasteiger partial charge >= 0.3 is 0 Å². The summed E-state index contributed by atoms with van der Waals surface area (Å²) in [6, 6.07) is 15.6.